The summed E-state index contributed by atoms with van der Waals surface area (Å²) in [5.74, 6) is 0.535. The van der Waals surface area contributed by atoms with E-state index in [1.807, 2.05) is 32.9 Å². The highest BCUT2D eigenvalue weighted by Gasteiger charge is 2.76. The van der Waals surface area contributed by atoms with Crippen molar-refractivity contribution in [1.82, 2.24) is 0 Å². The number of carbonyl (C=O) groups is 3. The minimum absolute atomic E-state index is 0.0512. The monoisotopic (exact) mass is 580 g/mol. The molecule has 0 amide bonds. The molecular formula is C32H36O10. The number of ether oxygens (including phenoxy) is 7. The van der Waals surface area contributed by atoms with Crippen molar-refractivity contribution in [3.8, 4) is 23.0 Å². The molecule has 2 aromatic carbocycles. The number of methoxy groups -OCH3 is 3. The Morgan fingerprint density at radius 2 is 1.79 bits per heavy atom. The molecule has 0 aromatic heterocycles. The standard InChI is InChI=1S/C32H36O10/c1-30(2)31(3)11-12-32(30,42-28(31)34)29(35)39-17-22-21-14-19(8-7-13-33)15-25(38-6)27(21)41-26(22)20-9-10-23(40-18-36-4)24(16-20)37-5/h7-10,13-16,22,26H,11-12,17-18H2,1-6H3/b8-7+/t22-,26+,31?,32?/m0/s1. The van der Waals surface area contributed by atoms with Crippen LogP contribution in [0.3, 0.4) is 0 Å². The summed E-state index contributed by atoms with van der Waals surface area (Å²) in [7, 11) is 4.60. The summed E-state index contributed by atoms with van der Waals surface area (Å²) in [5.41, 5.74) is -0.637. The van der Waals surface area contributed by atoms with Crippen molar-refractivity contribution in [3.63, 3.8) is 0 Å². The normalized spacial score (nSPS) is 26.9. The predicted molar refractivity (Wildman–Crippen MR) is 151 cm³/mol. The number of allylic oxidation sites excluding steroid dienone is 1. The Labute approximate surface area is 244 Å². The minimum atomic E-state index is -1.35. The minimum Gasteiger partial charge on any atom is -0.493 e. The highest BCUT2D eigenvalue weighted by Crippen LogP contribution is 2.66. The van der Waals surface area contributed by atoms with Gasteiger partial charge in [-0.25, -0.2) is 4.79 Å². The van der Waals surface area contributed by atoms with Crippen LogP contribution in [0.25, 0.3) is 6.08 Å². The van der Waals surface area contributed by atoms with Gasteiger partial charge in [-0.05, 0) is 61.2 Å². The first-order valence-corrected chi connectivity index (χ1v) is 13.8. The van der Waals surface area contributed by atoms with E-state index >= 15 is 0 Å². The molecule has 224 valence electrons. The maximum Gasteiger partial charge on any atom is 0.351 e. The molecule has 2 unspecified atom stereocenters. The summed E-state index contributed by atoms with van der Waals surface area (Å²) < 4.78 is 40.1. The second-order valence-corrected chi connectivity index (χ2v) is 11.5. The number of benzene rings is 2. The molecule has 5 rings (SSSR count). The van der Waals surface area contributed by atoms with Crippen molar-refractivity contribution in [2.45, 2.75) is 51.2 Å². The third kappa shape index (κ3) is 4.40. The van der Waals surface area contributed by atoms with E-state index in [9.17, 15) is 14.4 Å². The quantitative estimate of drug-likeness (QED) is 0.159. The van der Waals surface area contributed by atoms with Gasteiger partial charge in [-0.1, -0.05) is 26.0 Å². The molecule has 0 spiro atoms. The SMILES string of the molecule is COCOc1ccc([C@H]2Oc3c(OC)cc(/C=C/C=O)cc3[C@@H]2COC(=O)C23CCC(C)(C(=O)O2)C3(C)C)cc1OC. The Balaban J connectivity index is 1.51. The smallest absolute Gasteiger partial charge is 0.351 e. The van der Waals surface area contributed by atoms with Gasteiger partial charge in [-0.3, -0.25) is 9.59 Å². The van der Waals surface area contributed by atoms with Crippen LogP contribution >= 0.6 is 0 Å². The summed E-state index contributed by atoms with van der Waals surface area (Å²) >= 11 is 0. The van der Waals surface area contributed by atoms with Gasteiger partial charge in [0.25, 0.3) is 0 Å². The third-order valence-electron chi connectivity index (χ3n) is 9.36. The fraction of sp³-hybridized carbons (Fsp3) is 0.469. The Hall–Kier alpha value is -4.05. The van der Waals surface area contributed by atoms with Crippen molar-refractivity contribution in [2.24, 2.45) is 10.8 Å². The van der Waals surface area contributed by atoms with Crippen LogP contribution in [0.5, 0.6) is 23.0 Å². The first-order valence-electron chi connectivity index (χ1n) is 13.8. The molecule has 0 N–H and O–H groups in total. The molecule has 1 aliphatic carbocycles. The number of esters is 2. The zero-order chi connectivity index (χ0) is 30.3. The van der Waals surface area contributed by atoms with Crippen LogP contribution in [-0.4, -0.2) is 58.6 Å². The van der Waals surface area contributed by atoms with E-state index < -0.39 is 34.4 Å². The second kappa shape index (κ2) is 11.0. The number of fused-ring (bicyclic) bond motifs is 3. The van der Waals surface area contributed by atoms with Crippen molar-refractivity contribution < 1.29 is 47.5 Å². The average molecular weight is 581 g/mol. The molecule has 1 saturated heterocycles. The predicted octanol–water partition coefficient (Wildman–Crippen LogP) is 4.78. The summed E-state index contributed by atoms with van der Waals surface area (Å²) in [5, 5.41) is 0. The number of hydrogen-bond donors (Lipinski definition) is 0. The van der Waals surface area contributed by atoms with Gasteiger partial charge in [0, 0.05) is 18.1 Å². The van der Waals surface area contributed by atoms with Gasteiger partial charge in [0.05, 0.1) is 25.6 Å². The number of aldehydes is 1. The van der Waals surface area contributed by atoms with E-state index in [1.54, 1.807) is 24.3 Å². The van der Waals surface area contributed by atoms with E-state index in [0.29, 0.717) is 42.1 Å². The lowest BCUT2D eigenvalue weighted by Gasteiger charge is -2.34. The van der Waals surface area contributed by atoms with Crippen LogP contribution in [-0.2, 0) is 28.6 Å². The molecule has 42 heavy (non-hydrogen) atoms. The van der Waals surface area contributed by atoms with Gasteiger partial charge < -0.3 is 33.2 Å². The van der Waals surface area contributed by atoms with E-state index in [4.69, 9.17) is 33.2 Å². The largest absolute Gasteiger partial charge is 0.493 e. The first kappa shape index (κ1) is 29.4. The molecule has 2 bridgehead atoms. The number of hydrogen-bond acceptors (Lipinski definition) is 10. The molecule has 2 aliphatic heterocycles. The van der Waals surface area contributed by atoms with E-state index in [-0.39, 0.29) is 19.4 Å². The van der Waals surface area contributed by atoms with Crippen LogP contribution in [0, 0.1) is 10.8 Å². The molecule has 10 heteroatoms. The second-order valence-electron chi connectivity index (χ2n) is 11.5. The molecule has 3 aliphatic rings. The average Bonchev–Trinajstić information content (AvgIpc) is 3.51. The summed E-state index contributed by atoms with van der Waals surface area (Å²) in [4.78, 5) is 37.5. The van der Waals surface area contributed by atoms with Crippen molar-refractivity contribution >= 4 is 24.3 Å². The topological polar surface area (TPSA) is 116 Å². The maximum absolute atomic E-state index is 13.8. The summed E-state index contributed by atoms with van der Waals surface area (Å²) in [6.07, 6.45) is 4.10. The van der Waals surface area contributed by atoms with Crippen molar-refractivity contribution in [3.05, 3.63) is 53.1 Å². The molecule has 2 fully saturated rings. The highest BCUT2D eigenvalue weighted by molar-refractivity contribution is 5.93. The van der Waals surface area contributed by atoms with Crippen molar-refractivity contribution in [2.75, 3.05) is 34.7 Å². The molecular weight excluding hydrogens is 544 g/mol. The van der Waals surface area contributed by atoms with Gasteiger partial charge in [-0.15, -0.1) is 0 Å². The van der Waals surface area contributed by atoms with Gasteiger partial charge >= 0.3 is 11.9 Å². The van der Waals surface area contributed by atoms with Crippen LogP contribution < -0.4 is 18.9 Å². The molecule has 0 radical (unpaired) electrons. The van der Waals surface area contributed by atoms with Gasteiger partial charge in [0.15, 0.2) is 29.8 Å². The van der Waals surface area contributed by atoms with E-state index in [0.717, 1.165) is 16.7 Å². The lowest BCUT2D eigenvalue weighted by atomic mass is 9.66. The third-order valence-corrected chi connectivity index (χ3v) is 9.36. The van der Waals surface area contributed by atoms with Crippen LogP contribution in [0.2, 0.25) is 0 Å². The zero-order valence-corrected chi connectivity index (χ0v) is 24.7. The number of rotatable bonds is 11. The zero-order valence-electron chi connectivity index (χ0n) is 24.7. The molecule has 2 aromatic rings. The molecule has 2 heterocycles. The van der Waals surface area contributed by atoms with Gasteiger partial charge in [-0.2, -0.15) is 0 Å². The Kier molecular flexibility index (Phi) is 7.70. The fourth-order valence-electron chi connectivity index (χ4n) is 6.38. The Morgan fingerprint density at radius 3 is 2.40 bits per heavy atom. The molecule has 1 saturated carbocycles. The number of carbonyl (C=O) groups excluding carboxylic acids is 3. The first-order chi connectivity index (χ1) is 20.1. The Bertz CT molecular complexity index is 1430. The summed E-state index contributed by atoms with van der Waals surface area (Å²) in [6.45, 7) is 5.62. The molecule has 10 nitrogen and oxygen atoms in total. The summed E-state index contributed by atoms with van der Waals surface area (Å²) in [6, 6.07) is 9.07. The van der Waals surface area contributed by atoms with Crippen LogP contribution in [0.4, 0.5) is 0 Å². The highest BCUT2D eigenvalue weighted by atomic mass is 16.7. The fourth-order valence-corrected chi connectivity index (χ4v) is 6.38. The lowest BCUT2D eigenvalue weighted by Crippen LogP contribution is -2.49. The van der Waals surface area contributed by atoms with E-state index in [2.05, 4.69) is 0 Å². The van der Waals surface area contributed by atoms with Crippen molar-refractivity contribution in [1.29, 1.82) is 0 Å². The molecule has 4 atom stereocenters. The van der Waals surface area contributed by atoms with Gasteiger partial charge in [0.1, 0.15) is 19.0 Å². The van der Waals surface area contributed by atoms with E-state index in [1.165, 1.54) is 27.4 Å². The van der Waals surface area contributed by atoms with Gasteiger partial charge in [0.2, 0.25) is 5.60 Å². The Morgan fingerprint density at radius 1 is 1.02 bits per heavy atom. The van der Waals surface area contributed by atoms with Crippen LogP contribution in [0.1, 0.15) is 62.3 Å². The lowest BCUT2D eigenvalue weighted by molar-refractivity contribution is -0.183. The van der Waals surface area contributed by atoms with Crippen LogP contribution in [0.15, 0.2) is 36.4 Å². The maximum atomic E-state index is 13.8.